The molecule has 10 heteroatoms. The van der Waals surface area contributed by atoms with Gasteiger partial charge in [0, 0.05) is 52.8 Å². The van der Waals surface area contributed by atoms with Crippen LogP contribution in [0.25, 0.3) is 0 Å². The second-order valence-corrected chi connectivity index (χ2v) is 6.89. The van der Waals surface area contributed by atoms with Crippen LogP contribution in [0.5, 0.6) is 0 Å². The van der Waals surface area contributed by atoms with Crippen LogP contribution in [0.4, 0.5) is 0 Å². The Morgan fingerprint density at radius 3 is 2.68 bits per heavy atom. The van der Waals surface area contributed by atoms with E-state index in [9.17, 15) is 0 Å². The number of aliphatic imine (C=N–C) groups is 1. The predicted octanol–water partition coefficient (Wildman–Crippen LogP) is 2.74. The van der Waals surface area contributed by atoms with Crippen molar-refractivity contribution in [1.29, 1.82) is 0 Å². The van der Waals surface area contributed by atoms with Gasteiger partial charge in [-0.1, -0.05) is 11.6 Å². The summed E-state index contributed by atoms with van der Waals surface area (Å²) in [5.74, 6) is 2.51. The fourth-order valence-corrected chi connectivity index (χ4v) is 2.88. The molecule has 0 aliphatic carbocycles. The normalized spacial score (nSPS) is 11.4. The lowest BCUT2D eigenvalue weighted by atomic mass is 10.4. The SMILES string of the molecule is CCOCCCNC(=NCc1nnc(C)n1C)N(C)Cc1cc(Cl)cn1C.I. The highest BCUT2D eigenvalue weighted by atomic mass is 127. The summed E-state index contributed by atoms with van der Waals surface area (Å²) in [4.78, 5) is 6.82. The number of ether oxygens (including phenoxy) is 1. The first-order chi connectivity index (χ1) is 12.9. The first kappa shape index (κ1) is 24.7. The molecule has 158 valence electrons. The Bertz CT molecular complexity index is 759. The molecule has 0 bridgehead atoms. The molecule has 0 unspecified atom stereocenters. The van der Waals surface area contributed by atoms with E-state index >= 15 is 0 Å². The van der Waals surface area contributed by atoms with Gasteiger partial charge in [-0.3, -0.25) is 0 Å². The van der Waals surface area contributed by atoms with Gasteiger partial charge in [0.15, 0.2) is 11.8 Å². The summed E-state index contributed by atoms with van der Waals surface area (Å²) in [6.07, 6.45) is 2.82. The molecule has 0 spiro atoms. The molecule has 2 aromatic rings. The van der Waals surface area contributed by atoms with Gasteiger partial charge in [-0.25, -0.2) is 4.99 Å². The first-order valence-corrected chi connectivity index (χ1v) is 9.53. The van der Waals surface area contributed by atoms with Gasteiger partial charge in [-0.05, 0) is 26.3 Å². The maximum Gasteiger partial charge on any atom is 0.194 e. The Kier molecular flexibility index (Phi) is 10.8. The number of hydrogen-bond acceptors (Lipinski definition) is 4. The van der Waals surface area contributed by atoms with Crippen LogP contribution in [0.15, 0.2) is 17.3 Å². The van der Waals surface area contributed by atoms with Crippen molar-refractivity contribution in [3.63, 3.8) is 0 Å². The Labute approximate surface area is 189 Å². The lowest BCUT2D eigenvalue weighted by Gasteiger charge is -2.23. The number of aromatic nitrogens is 4. The number of aryl methyl sites for hydroxylation is 2. The second-order valence-electron chi connectivity index (χ2n) is 6.46. The molecule has 0 atom stereocenters. The average molecular weight is 524 g/mol. The Morgan fingerprint density at radius 2 is 2.11 bits per heavy atom. The van der Waals surface area contributed by atoms with Crippen molar-refractivity contribution in [1.82, 2.24) is 29.5 Å². The molecule has 0 radical (unpaired) electrons. The quantitative estimate of drug-likeness (QED) is 0.237. The van der Waals surface area contributed by atoms with Crippen LogP contribution in [-0.2, 0) is 31.9 Å². The van der Waals surface area contributed by atoms with E-state index in [-0.39, 0.29) is 24.0 Å². The number of guanidine groups is 1. The van der Waals surface area contributed by atoms with E-state index in [1.807, 2.05) is 56.4 Å². The lowest BCUT2D eigenvalue weighted by molar-refractivity contribution is 0.145. The van der Waals surface area contributed by atoms with E-state index in [0.29, 0.717) is 13.1 Å². The molecular weight excluding hydrogens is 493 g/mol. The van der Waals surface area contributed by atoms with Gasteiger partial charge in [-0.15, -0.1) is 34.2 Å². The smallest absolute Gasteiger partial charge is 0.194 e. The minimum absolute atomic E-state index is 0. The van der Waals surface area contributed by atoms with Crippen molar-refractivity contribution in [3.8, 4) is 0 Å². The summed E-state index contributed by atoms with van der Waals surface area (Å²) in [6.45, 7) is 7.34. The Hall–Kier alpha value is -1.33. The van der Waals surface area contributed by atoms with Crippen LogP contribution in [-0.4, -0.2) is 57.0 Å². The molecule has 2 heterocycles. The zero-order chi connectivity index (χ0) is 19.8. The van der Waals surface area contributed by atoms with Gasteiger partial charge in [0.1, 0.15) is 12.4 Å². The molecule has 0 saturated carbocycles. The molecule has 0 aliphatic rings. The highest BCUT2D eigenvalue weighted by Gasteiger charge is 2.11. The number of hydrogen-bond donors (Lipinski definition) is 1. The highest BCUT2D eigenvalue weighted by Crippen LogP contribution is 2.14. The van der Waals surface area contributed by atoms with E-state index in [1.165, 1.54) is 0 Å². The maximum absolute atomic E-state index is 6.10. The van der Waals surface area contributed by atoms with Crippen LogP contribution < -0.4 is 5.32 Å². The predicted molar refractivity (Wildman–Crippen MR) is 123 cm³/mol. The van der Waals surface area contributed by atoms with Gasteiger partial charge in [0.2, 0.25) is 0 Å². The van der Waals surface area contributed by atoms with Gasteiger partial charge < -0.3 is 24.1 Å². The van der Waals surface area contributed by atoms with E-state index in [0.717, 1.165) is 54.5 Å². The highest BCUT2D eigenvalue weighted by molar-refractivity contribution is 14.0. The molecule has 0 aromatic carbocycles. The summed E-state index contributed by atoms with van der Waals surface area (Å²) in [5.41, 5.74) is 1.11. The van der Waals surface area contributed by atoms with Crippen molar-refractivity contribution in [2.45, 2.75) is 33.4 Å². The number of halogens is 2. The molecular formula is C18H31ClIN7O. The van der Waals surface area contributed by atoms with Crippen LogP contribution in [0.3, 0.4) is 0 Å². The fourth-order valence-electron chi connectivity index (χ4n) is 2.61. The third-order valence-corrected chi connectivity index (χ3v) is 4.55. The van der Waals surface area contributed by atoms with Gasteiger partial charge in [0.05, 0.1) is 11.6 Å². The van der Waals surface area contributed by atoms with E-state index < -0.39 is 0 Å². The molecule has 0 fully saturated rings. The minimum atomic E-state index is 0. The van der Waals surface area contributed by atoms with Crippen LogP contribution in [0.2, 0.25) is 5.02 Å². The molecule has 0 saturated heterocycles. The Morgan fingerprint density at radius 1 is 1.36 bits per heavy atom. The summed E-state index contributed by atoms with van der Waals surface area (Å²) >= 11 is 6.10. The van der Waals surface area contributed by atoms with Crippen LogP contribution in [0, 0.1) is 6.92 Å². The van der Waals surface area contributed by atoms with Crippen molar-refractivity contribution in [3.05, 3.63) is 34.6 Å². The van der Waals surface area contributed by atoms with E-state index in [2.05, 4.69) is 20.4 Å². The third kappa shape index (κ3) is 7.25. The zero-order valence-electron chi connectivity index (χ0n) is 17.3. The lowest BCUT2D eigenvalue weighted by Crippen LogP contribution is -2.39. The molecule has 0 aliphatic heterocycles. The minimum Gasteiger partial charge on any atom is -0.382 e. The molecule has 2 aromatic heterocycles. The third-order valence-electron chi connectivity index (χ3n) is 4.34. The fraction of sp³-hybridized carbons (Fsp3) is 0.611. The average Bonchev–Trinajstić information content (AvgIpc) is 3.11. The zero-order valence-corrected chi connectivity index (χ0v) is 20.4. The summed E-state index contributed by atoms with van der Waals surface area (Å²) in [6, 6.07) is 1.97. The molecule has 2 rings (SSSR count). The summed E-state index contributed by atoms with van der Waals surface area (Å²) in [7, 11) is 5.95. The number of rotatable bonds is 9. The largest absolute Gasteiger partial charge is 0.382 e. The second kappa shape index (κ2) is 12.3. The number of nitrogens with one attached hydrogen (secondary N) is 1. The number of nitrogens with zero attached hydrogens (tertiary/aromatic N) is 6. The van der Waals surface area contributed by atoms with Crippen molar-refractivity contribution in [2.75, 3.05) is 26.8 Å². The summed E-state index contributed by atoms with van der Waals surface area (Å²) in [5, 5.41) is 12.4. The monoisotopic (exact) mass is 523 g/mol. The van der Waals surface area contributed by atoms with Gasteiger partial charge in [0.25, 0.3) is 0 Å². The van der Waals surface area contributed by atoms with E-state index in [1.54, 1.807) is 0 Å². The van der Waals surface area contributed by atoms with Gasteiger partial charge in [-0.2, -0.15) is 0 Å². The molecule has 0 amide bonds. The topological polar surface area (TPSA) is 72.5 Å². The molecule has 8 nitrogen and oxygen atoms in total. The first-order valence-electron chi connectivity index (χ1n) is 9.15. The van der Waals surface area contributed by atoms with E-state index in [4.69, 9.17) is 21.3 Å². The Balaban J connectivity index is 0.00000392. The molecule has 28 heavy (non-hydrogen) atoms. The van der Waals surface area contributed by atoms with Crippen molar-refractivity contribution >= 4 is 41.5 Å². The molecule has 1 N–H and O–H groups in total. The summed E-state index contributed by atoms with van der Waals surface area (Å²) < 4.78 is 9.38. The van der Waals surface area contributed by atoms with Crippen molar-refractivity contribution in [2.24, 2.45) is 19.1 Å². The van der Waals surface area contributed by atoms with Crippen LogP contribution in [0.1, 0.15) is 30.7 Å². The van der Waals surface area contributed by atoms with Crippen LogP contribution >= 0.6 is 35.6 Å². The maximum atomic E-state index is 6.10. The standard InChI is InChI=1S/C18H30ClN7O.HI/c1-6-27-9-7-8-20-18(21-11-17-23-22-14(2)26(17)5)25(4)13-16-10-15(19)12-24(16)3;/h10,12H,6-9,11,13H2,1-5H3,(H,20,21);1H. The van der Waals surface area contributed by atoms with Crippen molar-refractivity contribution < 1.29 is 4.74 Å². The van der Waals surface area contributed by atoms with Gasteiger partial charge >= 0.3 is 0 Å².